The molecule has 0 saturated carbocycles. The van der Waals surface area contributed by atoms with Crippen molar-refractivity contribution in [2.45, 2.75) is 20.3 Å². The highest BCUT2D eigenvalue weighted by Crippen LogP contribution is 2.40. The molecule has 0 N–H and O–H groups in total. The van der Waals surface area contributed by atoms with E-state index in [2.05, 4.69) is 0 Å². The minimum absolute atomic E-state index is 0.0385. The van der Waals surface area contributed by atoms with E-state index in [1.807, 2.05) is 25.8 Å². The van der Waals surface area contributed by atoms with Gasteiger partial charge in [0.15, 0.2) is 0 Å². The van der Waals surface area contributed by atoms with Gasteiger partial charge < -0.3 is 9.80 Å². The maximum Gasteiger partial charge on any atom is 0.232 e. The van der Waals surface area contributed by atoms with Crippen LogP contribution in [0.1, 0.15) is 20.3 Å². The minimum Gasteiger partial charge on any atom is -0.345 e. The van der Waals surface area contributed by atoms with Crippen molar-refractivity contribution in [3.8, 4) is 0 Å². The third-order valence-electron chi connectivity index (χ3n) is 3.52. The summed E-state index contributed by atoms with van der Waals surface area (Å²) in [7, 11) is 1.84. The zero-order valence-electron chi connectivity index (χ0n) is 9.62. The fourth-order valence-corrected chi connectivity index (χ4v) is 2.49. The number of hydrogen-bond acceptors (Lipinski definition) is 2. The molecule has 0 radical (unpaired) electrons. The molecule has 4 heteroatoms. The van der Waals surface area contributed by atoms with E-state index in [0.29, 0.717) is 13.1 Å². The summed E-state index contributed by atoms with van der Waals surface area (Å²) >= 11 is 0. The second kappa shape index (κ2) is 3.22. The Balaban J connectivity index is 1.98. The average molecular weight is 210 g/mol. The molecule has 2 fully saturated rings. The summed E-state index contributed by atoms with van der Waals surface area (Å²) in [4.78, 5) is 27.1. The largest absolute Gasteiger partial charge is 0.345 e. The Morgan fingerprint density at radius 1 is 1.40 bits per heavy atom. The molecule has 0 aliphatic carbocycles. The van der Waals surface area contributed by atoms with Crippen molar-refractivity contribution in [1.82, 2.24) is 9.80 Å². The summed E-state index contributed by atoms with van der Waals surface area (Å²) in [5.74, 6) is 0.426. The van der Waals surface area contributed by atoms with Gasteiger partial charge in [-0.15, -0.1) is 0 Å². The Hall–Kier alpha value is -1.06. The molecular formula is C11H18N2O2. The van der Waals surface area contributed by atoms with E-state index >= 15 is 0 Å². The summed E-state index contributed by atoms with van der Waals surface area (Å²) in [5.41, 5.74) is -0.223. The molecule has 0 aromatic carbocycles. The van der Waals surface area contributed by atoms with Crippen molar-refractivity contribution in [3.63, 3.8) is 0 Å². The quantitative estimate of drug-likeness (QED) is 0.626. The van der Waals surface area contributed by atoms with E-state index in [-0.39, 0.29) is 23.1 Å². The van der Waals surface area contributed by atoms with E-state index in [4.69, 9.17) is 0 Å². The van der Waals surface area contributed by atoms with Crippen LogP contribution in [0, 0.1) is 11.3 Å². The van der Waals surface area contributed by atoms with E-state index < -0.39 is 0 Å². The van der Waals surface area contributed by atoms with E-state index in [9.17, 15) is 9.59 Å². The van der Waals surface area contributed by atoms with Crippen LogP contribution >= 0.6 is 0 Å². The molecule has 2 heterocycles. The van der Waals surface area contributed by atoms with Gasteiger partial charge in [0.1, 0.15) is 0 Å². The maximum atomic E-state index is 11.8. The molecular weight excluding hydrogens is 192 g/mol. The molecule has 4 nitrogen and oxygen atoms in total. The highest BCUT2D eigenvalue weighted by Gasteiger charge is 2.55. The molecule has 0 atom stereocenters. The Labute approximate surface area is 90.2 Å². The topological polar surface area (TPSA) is 40.6 Å². The number of hydrogen-bond donors (Lipinski definition) is 0. The first-order valence-electron chi connectivity index (χ1n) is 5.51. The lowest BCUT2D eigenvalue weighted by Crippen LogP contribution is -2.62. The molecule has 0 aromatic rings. The van der Waals surface area contributed by atoms with Crippen LogP contribution in [-0.4, -0.2) is 48.3 Å². The van der Waals surface area contributed by atoms with Gasteiger partial charge in [0.2, 0.25) is 11.8 Å². The molecule has 84 valence electrons. The predicted octanol–water partition coefficient (Wildman–Crippen LogP) is 0.333. The molecule has 0 aromatic heterocycles. The first-order valence-corrected chi connectivity index (χ1v) is 5.51. The van der Waals surface area contributed by atoms with Crippen LogP contribution in [0.4, 0.5) is 0 Å². The Morgan fingerprint density at radius 2 is 2.00 bits per heavy atom. The molecule has 2 aliphatic rings. The Bertz CT molecular complexity index is 306. The van der Waals surface area contributed by atoms with Crippen molar-refractivity contribution in [2.24, 2.45) is 11.3 Å². The van der Waals surface area contributed by atoms with Crippen LogP contribution in [0.15, 0.2) is 0 Å². The fraction of sp³-hybridized carbons (Fsp3) is 0.818. The minimum atomic E-state index is -0.223. The Morgan fingerprint density at radius 3 is 2.40 bits per heavy atom. The summed E-state index contributed by atoms with van der Waals surface area (Å²) in [6.07, 6.45) is 0.907. The van der Waals surface area contributed by atoms with Crippen molar-refractivity contribution < 1.29 is 9.59 Å². The SMILES string of the molecule is CC(C)C(=O)N1CC2(CCN(C)C2=O)C1. The zero-order chi connectivity index (χ0) is 11.2. The first kappa shape index (κ1) is 10.5. The molecule has 2 aliphatic heterocycles. The van der Waals surface area contributed by atoms with Gasteiger partial charge in [-0.1, -0.05) is 13.8 Å². The number of nitrogens with zero attached hydrogens (tertiary/aromatic N) is 2. The summed E-state index contributed by atoms with van der Waals surface area (Å²) in [5, 5.41) is 0. The highest BCUT2D eigenvalue weighted by molar-refractivity contribution is 5.89. The highest BCUT2D eigenvalue weighted by atomic mass is 16.2. The number of carbonyl (C=O) groups excluding carboxylic acids is 2. The van der Waals surface area contributed by atoms with Gasteiger partial charge in [0, 0.05) is 32.6 Å². The van der Waals surface area contributed by atoms with Crippen molar-refractivity contribution in [1.29, 1.82) is 0 Å². The van der Waals surface area contributed by atoms with Gasteiger partial charge in [-0.25, -0.2) is 0 Å². The van der Waals surface area contributed by atoms with Crippen LogP contribution in [0.3, 0.4) is 0 Å². The van der Waals surface area contributed by atoms with Gasteiger partial charge >= 0.3 is 0 Å². The van der Waals surface area contributed by atoms with Gasteiger partial charge in [0.25, 0.3) is 0 Å². The predicted molar refractivity (Wildman–Crippen MR) is 56.1 cm³/mol. The van der Waals surface area contributed by atoms with Gasteiger partial charge in [-0.3, -0.25) is 9.59 Å². The second-order valence-electron chi connectivity index (χ2n) is 5.11. The molecule has 2 amide bonds. The van der Waals surface area contributed by atoms with Crippen LogP contribution in [0.2, 0.25) is 0 Å². The number of likely N-dealkylation sites (tertiary alicyclic amines) is 2. The van der Waals surface area contributed by atoms with Crippen molar-refractivity contribution in [3.05, 3.63) is 0 Å². The normalized spacial score (nSPS) is 23.9. The molecule has 0 unspecified atom stereocenters. The summed E-state index contributed by atoms with van der Waals surface area (Å²) in [6.45, 7) is 5.90. The van der Waals surface area contributed by atoms with Gasteiger partial charge in [-0.2, -0.15) is 0 Å². The van der Waals surface area contributed by atoms with E-state index in [1.54, 1.807) is 4.90 Å². The lowest BCUT2D eigenvalue weighted by molar-refractivity contribution is -0.155. The van der Waals surface area contributed by atoms with Crippen LogP contribution in [0.5, 0.6) is 0 Å². The lowest BCUT2D eigenvalue weighted by atomic mass is 9.78. The number of carbonyl (C=O) groups is 2. The van der Waals surface area contributed by atoms with E-state index in [1.165, 1.54) is 0 Å². The standard InChI is InChI=1S/C11H18N2O2/c1-8(2)9(14)13-6-11(7-13)4-5-12(3)10(11)15/h8H,4-7H2,1-3H3. The van der Waals surface area contributed by atoms with E-state index in [0.717, 1.165) is 13.0 Å². The number of amides is 2. The zero-order valence-corrected chi connectivity index (χ0v) is 9.62. The lowest BCUT2D eigenvalue weighted by Gasteiger charge is -2.46. The average Bonchev–Trinajstić information content (AvgIpc) is 2.41. The smallest absolute Gasteiger partial charge is 0.232 e. The van der Waals surface area contributed by atoms with Crippen molar-refractivity contribution >= 4 is 11.8 Å². The van der Waals surface area contributed by atoms with Crippen molar-refractivity contribution in [2.75, 3.05) is 26.7 Å². The molecule has 2 saturated heterocycles. The third kappa shape index (κ3) is 1.43. The van der Waals surface area contributed by atoms with Crippen LogP contribution in [-0.2, 0) is 9.59 Å². The molecule has 2 rings (SSSR count). The molecule has 1 spiro atoms. The molecule has 0 bridgehead atoms. The van der Waals surface area contributed by atoms with Gasteiger partial charge in [-0.05, 0) is 6.42 Å². The Kier molecular flexibility index (Phi) is 2.24. The second-order valence-corrected chi connectivity index (χ2v) is 5.11. The third-order valence-corrected chi connectivity index (χ3v) is 3.52. The summed E-state index contributed by atoms with van der Waals surface area (Å²) in [6, 6.07) is 0. The van der Waals surface area contributed by atoms with Crippen LogP contribution < -0.4 is 0 Å². The van der Waals surface area contributed by atoms with Gasteiger partial charge in [0.05, 0.1) is 5.41 Å². The van der Waals surface area contributed by atoms with Crippen LogP contribution in [0.25, 0.3) is 0 Å². The fourth-order valence-electron chi connectivity index (χ4n) is 2.49. The summed E-state index contributed by atoms with van der Waals surface area (Å²) < 4.78 is 0. The monoisotopic (exact) mass is 210 g/mol. The molecule has 15 heavy (non-hydrogen) atoms. The maximum absolute atomic E-state index is 11.8. The first-order chi connectivity index (χ1) is 6.96. The number of rotatable bonds is 1.